The maximum Gasteiger partial charge on any atom is 0.326 e. The van der Waals surface area contributed by atoms with Crippen molar-refractivity contribution in [2.24, 2.45) is 11.3 Å². The van der Waals surface area contributed by atoms with E-state index in [1.165, 1.54) is 4.90 Å². The molecule has 0 aromatic carbocycles. The molecule has 0 bridgehead atoms. The summed E-state index contributed by atoms with van der Waals surface area (Å²) >= 11 is 0. The number of carbonyl (C=O) groups excluding carboxylic acids is 3. The second kappa shape index (κ2) is 7.37. The van der Waals surface area contributed by atoms with Crippen LogP contribution in [0.1, 0.15) is 65.7 Å². The zero-order valence-electron chi connectivity index (χ0n) is 17.0. The summed E-state index contributed by atoms with van der Waals surface area (Å²) in [7, 11) is 0. The molecule has 0 aromatic rings. The molecular formula is C20H31N3O5. The molecule has 8 heteroatoms. The van der Waals surface area contributed by atoms with E-state index in [-0.39, 0.29) is 17.9 Å². The van der Waals surface area contributed by atoms with E-state index < -0.39 is 29.5 Å². The van der Waals surface area contributed by atoms with E-state index in [9.17, 15) is 24.3 Å². The Kier molecular flexibility index (Phi) is 5.42. The molecular weight excluding hydrogens is 362 g/mol. The minimum absolute atomic E-state index is 0.199. The number of hydrogen-bond donors (Lipinski definition) is 2. The average molecular weight is 393 g/mol. The van der Waals surface area contributed by atoms with Gasteiger partial charge < -0.3 is 15.3 Å². The molecule has 2 aliphatic heterocycles. The Morgan fingerprint density at radius 2 is 1.86 bits per heavy atom. The number of carboxylic acids is 1. The fourth-order valence-corrected chi connectivity index (χ4v) is 4.89. The standard InChI is InChI=1S/C20H31N3O5/c1-4-19(2,3)13-7-9-20(10-8-13)17(27)23(18(28)21-20)12-15(24)22-11-5-6-14(22)16(25)26/h13-14H,4-12H2,1-3H3,(H,21,28)(H,25,26)/t13?,14-,20?/m1/s1. The second-order valence-corrected chi connectivity index (χ2v) is 9.10. The number of nitrogens with one attached hydrogen (secondary N) is 1. The van der Waals surface area contributed by atoms with Gasteiger partial charge in [0.2, 0.25) is 5.91 Å². The lowest BCUT2D eigenvalue weighted by molar-refractivity contribution is -0.149. The van der Waals surface area contributed by atoms with Gasteiger partial charge in [-0.2, -0.15) is 0 Å². The number of nitrogens with zero attached hydrogens (tertiary/aromatic N) is 2. The van der Waals surface area contributed by atoms with Gasteiger partial charge in [0.05, 0.1) is 0 Å². The molecule has 3 rings (SSSR count). The molecule has 0 unspecified atom stereocenters. The van der Waals surface area contributed by atoms with Crippen molar-refractivity contribution in [3.63, 3.8) is 0 Å². The summed E-state index contributed by atoms with van der Waals surface area (Å²) in [5.74, 6) is -1.36. The molecule has 0 aromatic heterocycles. The first-order valence-corrected chi connectivity index (χ1v) is 10.3. The van der Waals surface area contributed by atoms with Crippen LogP contribution in [0.3, 0.4) is 0 Å². The van der Waals surface area contributed by atoms with Crippen LogP contribution in [0.15, 0.2) is 0 Å². The van der Waals surface area contributed by atoms with Crippen molar-refractivity contribution in [1.29, 1.82) is 0 Å². The third-order valence-electron chi connectivity index (χ3n) is 7.25. The first-order valence-electron chi connectivity index (χ1n) is 10.3. The summed E-state index contributed by atoms with van der Waals surface area (Å²) in [4.78, 5) is 51.7. The fraction of sp³-hybridized carbons (Fsp3) is 0.800. The Morgan fingerprint density at radius 3 is 2.43 bits per heavy atom. The van der Waals surface area contributed by atoms with Gasteiger partial charge in [-0.05, 0) is 49.9 Å². The van der Waals surface area contributed by atoms with Gasteiger partial charge >= 0.3 is 12.0 Å². The van der Waals surface area contributed by atoms with E-state index in [0.717, 1.165) is 24.2 Å². The van der Waals surface area contributed by atoms with E-state index in [2.05, 4.69) is 26.1 Å². The maximum atomic E-state index is 13.0. The predicted octanol–water partition coefficient (Wildman–Crippen LogP) is 1.98. The summed E-state index contributed by atoms with van der Waals surface area (Å²) in [6.45, 7) is 6.61. The fourth-order valence-electron chi connectivity index (χ4n) is 4.89. The zero-order chi connectivity index (χ0) is 20.7. The highest BCUT2D eigenvalue weighted by atomic mass is 16.4. The van der Waals surface area contributed by atoms with Crippen LogP contribution >= 0.6 is 0 Å². The van der Waals surface area contributed by atoms with Crippen molar-refractivity contribution in [2.45, 2.75) is 77.3 Å². The summed E-state index contributed by atoms with van der Waals surface area (Å²) in [6.07, 6.45) is 4.96. The van der Waals surface area contributed by atoms with Crippen molar-refractivity contribution in [2.75, 3.05) is 13.1 Å². The first kappa shape index (κ1) is 20.6. The monoisotopic (exact) mass is 393 g/mol. The number of imide groups is 1. The van der Waals surface area contributed by atoms with Crippen LogP contribution in [0.5, 0.6) is 0 Å². The zero-order valence-corrected chi connectivity index (χ0v) is 17.0. The van der Waals surface area contributed by atoms with Gasteiger partial charge in [-0.25, -0.2) is 9.59 Å². The van der Waals surface area contributed by atoms with Crippen molar-refractivity contribution in [1.82, 2.24) is 15.1 Å². The molecule has 0 radical (unpaired) electrons. The molecule has 1 spiro atoms. The summed E-state index contributed by atoms with van der Waals surface area (Å²) < 4.78 is 0. The molecule has 8 nitrogen and oxygen atoms in total. The van der Waals surface area contributed by atoms with Crippen LogP contribution in [0, 0.1) is 11.3 Å². The van der Waals surface area contributed by atoms with Crippen LogP contribution in [0.4, 0.5) is 4.79 Å². The van der Waals surface area contributed by atoms with E-state index in [1.54, 1.807) is 0 Å². The number of carboxylic acid groups (broad SMARTS) is 1. The molecule has 4 amide bonds. The highest BCUT2D eigenvalue weighted by Crippen LogP contribution is 2.45. The molecule has 2 heterocycles. The Bertz CT molecular complexity index is 681. The predicted molar refractivity (Wildman–Crippen MR) is 101 cm³/mol. The number of urea groups is 1. The van der Waals surface area contributed by atoms with Gasteiger partial charge in [-0.15, -0.1) is 0 Å². The van der Waals surface area contributed by atoms with Crippen LogP contribution in [-0.2, 0) is 14.4 Å². The summed E-state index contributed by atoms with van der Waals surface area (Å²) in [5, 5.41) is 12.1. The smallest absolute Gasteiger partial charge is 0.326 e. The minimum Gasteiger partial charge on any atom is -0.480 e. The topological polar surface area (TPSA) is 107 Å². The molecule has 1 aliphatic carbocycles. The van der Waals surface area contributed by atoms with Crippen LogP contribution in [0.25, 0.3) is 0 Å². The molecule has 156 valence electrons. The van der Waals surface area contributed by atoms with E-state index >= 15 is 0 Å². The van der Waals surface area contributed by atoms with Gasteiger partial charge in [0.25, 0.3) is 5.91 Å². The third-order valence-corrected chi connectivity index (χ3v) is 7.25. The number of likely N-dealkylation sites (tertiary alicyclic amines) is 1. The summed E-state index contributed by atoms with van der Waals surface area (Å²) in [6, 6.07) is -1.41. The van der Waals surface area contributed by atoms with Gasteiger partial charge in [0.15, 0.2) is 0 Å². The normalized spacial score (nSPS) is 30.8. The molecule has 1 saturated carbocycles. The van der Waals surface area contributed by atoms with E-state index in [1.807, 2.05) is 0 Å². The molecule has 2 saturated heterocycles. The van der Waals surface area contributed by atoms with Crippen molar-refractivity contribution in [3.05, 3.63) is 0 Å². The number of amides is 4. The maximum absolute atomic E-state index is 13.0. The highest BCUT2D eigenvalue weighted by Gasteiger charge is 2.54. The van der Waals surface area contributed by atoms with E-state index in [0.29, 0.717) is 38.1 Å². The SMILES string of the molecule is CCC(C)(C)C1CCC2(CC1)NC(=O)N(CC(=O)N1CCC[C@@H]1C(=O)O)C2=O. The largest absolute Gasteiger partial charge is 0.480 e. The first-order chi connectivity index (χ1) is 13.1. The molecule has 2 N–H and O–H groups in total. The van der Waals surface area contributed by atoms with Crippen molar-refractivity contribution in [3.8, 4) is 0 Å². The van der Waals surface area contributed by atoms with Crippen LogP contribution < -0.4 is 5.32 Å². The quantitative estimate of drug-likeness (QED) is 0.695. The van der Waals surface area contributed by atoms with Gasteiger partial charge in [0.1, 0.15) is 18.1 Å². The Balaban J connectivity index is 1.66. The summed E-state index contributed by atoms with van der Waals surface area (Å²) in [5.41, 5.74) is -0.709. The minimum atomic E-state index is -1.05. The Morgan fingerprint density at radius 1 is 1.21 bits per heavy atom. The van der Waals surface area contributed by atoms with Gasteiger partial charge in [-0.3, -0.25) is 14.5 Å². The molecule has 28 heavy (non-hydrogen) atoms. The lowest BCUT2D eigenvalue weighted by Crippen LogP contribution is -2.51. The van der Waals surface area contributed by atoms with Crippen molar-refractivity contribution >= 4 is 23.8 Å². The number of hydrogen-bond acceptors (Lipinski definition) is 4. The number of carbonyl (C=O) groups is 4. The molecule has 3 fully saturated rings. The number of aliphatic carboxylic acids is 1. The average Bonchev–Trinajstić information content (AvgIpc) is 3.22. The van der Waals surface area contributed by atoms with Gasteiger partial charge in [-0.1, -0.05) is 27.2 Å². The second-order valence-electron chi connectivity index (χ2n) is 9.10. The lowest BCUT2D eigenvalue weighted by atomic mass is 9.65. The molecule has 3 aliphatic rings. The Hall–Kier alpha value is -2.12. The van der Waals surface area contributed by atoms with Crippen molar-refractivity contribution < 1.29 is 24.3 Å². The Labute approximate surface area is 165 Å². The van der Waals surface area contributed by atoms with E-state index in [4.69, 9.17) is 0 Å². The molecule has 1 atom stereocenters. The number of rotatable bonds is 5. The highest BCUT2D eigenvalue weighted by molar-refractivity contribution is 6.09. The van der Waals surface area contributed by atoms with Crippen LogP contribution in [-0.4, -0.2) is 63.4 Å². The lowest BCUT2D eigenvalue weighted by Gasteiger charge is -2.42. The third kappa shape index (κ3) is 3.49. The van der Waals surface area contributed by atoms with Gasteiger partial charge in [0, 0.05) is 6.54 Å². The van der Waals surface area contributed by atoms with Crippen LogP contribution in [0.2, 0.25) is 0 Å².